The van der Waals surface area contributed by atoms with Gasteiger partial charge in [-0.1, -0.05) is 12.5 Å². The summed E-state index contributed by atoms with van der Waals surface area (Å²) < 4.78 is 5.23. The number of phenolic OH excluding ortho intramolecular Hbond substituents is 1. The van der Waals surface area contributed by atoms with E-state index in [-0.39, 0.29) is 11.8 Å². The Morgan fingerprint density at radius 3 is 2.73 bits per heavy atom. The molecular weight excluding hydrogens is 190 g/mol. The first-order valence-electron chi connectivity index (χ1n) is 5.35. The van der Waals surface area contributed by atoms with Gasteiger partial charge in [0, 0.05) is 17.7 Å². The zero-order valence-corrected chi connectivity index (χ0v) is 8.94. The molecule has 82 valence electrons. The minimum atomic E-state index is 0.0364. The molecule has 0 aromatic heterocycles. The van der Waals surface area contributed by atoms with Crippen LogP contribution in [0, 0.1) is 5.92 Å². The fourth-order valence-electron chi connectivity index (χ4n) is 2.03. The summed E-state index contributed by atoms with van der Waals surface area (Å²) in [6.07, 6.45) is 3.68. The summed E-state index contributed by atoms with van der Waals surface area (Å²) in [4.78, 5) is 0. The van der Waals surface area contributed by atoms with Crippen LogP contribution in [0.3, 0.4) is 0 Å². The van der Waals surface area contributed by atoms with Crippen LogP contribution in [0.5, 0.6) is 11.5 Å². The van der Waals surface area contributed by atoms with E-state index in [1.54, 1.807) is 19.2 Å². The van der Waals surface area contributed by atoms with Gasteiger partial charge in [-0.05, 0) is 24.8 Å². The monoisotopic (exact) mass is 207 g/mol. The molecule has 1 aliphatic rings. The molecule has 3 heteroatoms. The van der Waals surface area contributed by atoms with Gasteiger partial charge in [-0.2, -0.15) is 0 Å². The van der Waals surface area contributed by atoms with Crippen molar-refractivity contribution in [3.8, 4) is 11.5 Å². The molecule has 15 heavy (non-hydrogen) atoms. The molecule has 1 aromatic carbocycles. The summed E-state index contributed by atoms with van der Waals surface area (Å²) in [7, 11) is 1.60. The smallest absolute Gasteiger partial charge is 0.127 e. The number of hydrogen-bond donors (Lipinski definition) is 2. The molecule has 0 saturated heterocycles. The molecule has 1 fully saturated rings. The van der Waals surface area contributed by atoms with Crippen LogP contribution >= 0.6 is 0 Å². The van der Waals surface area contributed by atoms with Gasteiger partial charge in [-0.15, -0.1) is 0 Å². The first-order valence-corrected chi connectivity index (χ1v) is 5.35. The molecule has 1 aromatic rings. The molecule has 0 unspecified atom stereocenters. The maximum Gasteiger partial charge on any atom is 0.127 e. The normalized spacial score (nSPS) is 18.3. The van der Waals surface area contributed by atoms with Crippen LogP contribution in [-0.4, -0.2) is 12.2 Å². The lowest BCUT2D eigenvalue weighted by molar-refractivity contribution is 0.259. The summed E-state index contributed by atoms with van der Waals surface area (Å²) in [6, 6.07) is 5.18. The van der Waals surface area contributed by atoms with Crippen LogP contribution < -0.4 is 10.5 Å². The molecule has 3 nitrogen and oxygen atoms in total. The van der Waals surface area contributed by atoms with E-state index in [0.717, 1.165) is 5.56 Å². The van der Waals surface area contributed by atoms with Crippen molar-refractivity contribution in [2.45, 2.75) is 25.3 Å². The van der Waals surface area contributed by atoms with E-state index in [0.29, 0.717) is 11.7 Å². The maximum absolute atomic E-state index is 9.34. The predicted octanol–water partition coefficient (Wildman–Crippen LogP) is 2.20. The molecule has 3 N–H and O–H groups in total. The molecule has 0 bridgehead atoms. The van der Waals surface area contributed by atoms with Crippen molar-refractivity contribution in [2.75, 3.05) is 7.11 Å². The SMILES string of the molecule is COc1cc(O)ccc1[C@@H](N)C1CCC1. The van der Waals surface area contributed by atoms with Crippen molar-refractivity contribution in [1.29, 1.82) is 0 Å². The minimum absolute atomic E-state index is 0.0364. The number of phenols is 1. The maximum atomic E-state index is 9.34. The van der Waals surface area contributed by atoms with Gasteiger partial charge in [0.2, 0.25) is 0 Å². The summed E-state index contributed by atoms with van der Waals surface area (Å²) in [6.45, 7) is 0. The van der Waals surface area contributed by atoms with Crippen LogP contribution in [0.15, 0.2) is 18.2 Å². The van der Waals surface area contributed by atoms with Gasteiger partial charge in [0.15, 0.2) is 0 Å². The lowest BCUT2D eigenvalue weighted by atomic mass is 9.77. The third kappa shape index (κ3) is 1.92. The van der Waals surface area contributed by atoms with E-state index >= 15 is 0 Å². The number of hydrogen-bond acceptors (Lipinski definition) is 3. The first kappa shape index (κ1) is 10.3. The molecule has 0 aliphatic heterocycles. The molecule has 1 aliphatic carbocycles. The number of ether oxygens (including phenoxy) is 1. The molecule has 0 heterocycles. The quantitative estimate of drug-likeness (QED) is 0.798. The van der Waals surface area contributed by atoms with E-state index in [1.165, 1.54) is 19.3 Å². The van der Waals surface area contributed by atoms with E-state index < -0.39 is 0 Å². The second-order valence-electron chi connectivity index (χ2n) is 4.14. The highest BCUT2D eigenvalue weighted by Crippen LogP contribution is 2.39. The average Bonchev–Trinajstić information content (AvgIpc) is 2.14. The summed E-state index contributed by atoms with van der Waals surface area (Å²) in [5.74, 6) is 1.48. The van der Waals surface area contributed by atoms with Gasteiger partial charge in [-0.25, -0.2) is 0 Å². The van der Waals surface area contributed by atoms with Gasteiger partial charge in [0.1, 0.15) is 11.5 Å². The summed E-state index contributed by atoms with van der Waals surface area (Å²) in [5.41, 5.74) is 7.17. The Balaban J connectivity index is 2.25. The molecule has 0 spiro atoms. The number of methoxy groups -OCH3 is 1. The highest BCUT2D eigenvalue weighted by molar-refractivity contribution is 5.42. The Morgan fingerprint density at radius 2 is 2.20 bits per heavy atom. The van der Waals surface area contributed by atoms with Crippen molar-refractivity contribution < 1.29 is 9.84 Å². The molecule has 1 saturated carbocycles. The minimum Gasteiger partial charge on any atom is -0.508 e. The zero-order chi connectivity index (χ0) is 10.8. The Hall–Kier alpha value is -1.22. The first-order chi connectivity index (χ1) is 7.22. The number of nitrogens with two attached hydrogens (primary N) is 1. The van der Waals surface area contributed by atoms with Crippen molar-refractivity contribution >= 4 is 0 Å². The molecular formula is C12H17NO2. The van der Waals surface area contributed by atoms with Crippen molar-refractivity contribution in [3.63, 3.8) is 0 Å². The van der Waals surface area contributed by atoms with Gasteiger partial charge in [0.25, 0.3) is 0 Å². The zero-order valence-electron chi connectivity index (χ0n) is 8.94. The Labute approximate surface area is 89.9 Å². The van der Waals surface area contributed by atoms with Crippen molar-refractivity contribution in [1.82, 2.24) is 0 Å². The van der Waals surface area contributed by atoms with E-state index in [1.807, 2.05) is 6.07 Å². The largest absolute Gasteiger partial charge is 0.508 e. The van der Waals surface area contributed by atoms with Gasteiger partial charge >= 0.3 is 0 Å². The van der Waals surface area contributed by atoms with Gasteiger partial charge in [-0.3, -0.25) is 0 Å². The van der Waals surface area contributed by atoms with Crippen LogP contribution in [-0.2, 0) is 0 Å². The lowest BCUT2D eigenvalue weighted by Crippen LogP contribution is -2.27. The standard InChI is InChI=1S/C12H17NO2/c1-15-11-7-9(14)5-6-10(11)12(13)8-3-2-4-8/h5-8,12,14H,2-4,13H2,1H3/t12-/m0/s1. The van der Waals surface area contributed by atoms with Crippen molar-refractivity contribution in [2.24, 2.45) is 11.7 Å². The van der Waals surface area contributed by atoms with E-state index in [2.05, 4.69) is 0 Å². The topological polar surface area (TPSA) is 55.5 Å². The third-order valence-electron chi connectivity index (χ3n) is 3.23. The highest BCUT2D eigenvalue weighted by atomic mass is 16.5. The predicted molar refractivity (Wildman–Crippen MR) is 58.9 cm³/mol. The Morgan fingerprint density at radius 1 is 1.47 bits per heavy atom. The third-order valence-corrected chi connectivity index (χ3v) is 3.23. The molecule has 2 rings (SSSR count). The summed E-state index contributed by atoms with van der Waals surface area (Å²) in [5, 5.41) is 9.34. The van der Waals surface area contributed by atoms with Gasteiger partial charge in [0.05, 0.1) is 7.11 Å². The fourth-order valence-corrected chi connectivity index (χ4v) is 2.03. The molecule has 0 radical (unpaired) electrons. The highest BCUT2D eigenvalue weighted by Gasteiger charge is 2.27. The number of benzene rings is 1. The molecule has 1 atom stereocenters. The lowest BCUT2D eigenvalue weighted by Gasteiger charge is -2.32. The average molecular weight is 207 g/mol. The second-order valence-corrected chi connectivity index (χ2v) is 4.14. The molecule has 0 amide bonds. The van der Waals surface area contributed by atoms with E-state index in [9.17, 15) is 5.11 Å². The Kier molecular flexibility index (Phi) is 2.82. The van der Waals surface area contributed by atoms with Crippen molar-refractivity contribution in [3.05, 3.63) is 23.8 Å². The van der Waals surface area contributed by atoms with Gasteiger partial charge < -0.3 is 15.6 Å². The van der Waals surface area contributed by atoms with Crippen LogP contribution in [0.2, 0.25) is 0 Å². The van der Waals surface area contributed by atoms with Crippen LogP contribution in [0.25, 0.3) is 0 Å². The van der Waals surface area contributed by atoms with Crippen LogP contribution in [0.4, 0.5) is 0 Å². The fraction of sp³-hybridized carbons (Fsp3) is 0.500. The second kappa shape index (κ2) is 4.11. The number of rotatable bonds is 3. The van der Waals surface area contributed by atoms with E-state index in [4.69, 9.17) is 10.5 Å². The summed E-state index contributed by atoms with van der Waals surface area (Å²) >= 11 is 0. The van der Waals surface area contributed by atoms with Crippen LogP contribution in [0.1, 0.15) is 30.9 Å². The Bertz CT molecular complexity index is 347. The number of aromatic hydroxyl groups is 1.